The Hall–Kier alpha value is -2.13. The minimum Gasteiger partial charge on any atom is -0.456 e. The molecule has 4 rings (SSSR count). The molecule has 4 fully saturated rings. The maximum Gasteiger partial charge on any atom is 0.303 e. The Kier molecular flexibility index (Phi) is 9.79. The standard InChI is InChI=1S/C28H42O13/c1-14(29)34-20-17(38-26(32-8)25(36-16(3)31)23(20)35-15(2)30)11-9-10-12-18-22-24(41-28(6,7)40-22)21(37-18)19-13-33-27(4,5)39-19/h9-10,17-26H,11-13H2,1-8H3/b10-9+/t17-,18+,19-,20-,21-,22-,23+,24+,25-,26+/m1/s1. The van der Waals surface area contributed by atoms with E-state index in [1.54, 1.807) is 0 Å². The minimum absolute atomic E-state index is 0.267. The van der Waals surface area contributed by atoms with Gasteiger partial charge in [-0.25, -0.2) is 0 Å². The second kappa shape index (κ2) is 12.6. The number of methoxy groups -OCH3 is 1. The van der Waals surface area contributed by atoms with Crippen LogP contribution < -0.4 is 0 Å². The van der Waals surface area contributed by atoms with E-state index in [2.05, 4.69) is 0 Å². The van der Waals surface area contributed by atoms with Crippen molar-refractivity contribution in [3.05, 3.63) is 12.2 Å². The molecule has 0 saturated carbocycles. The van der Waals surface area contributed by atoms with E-state index in [4.69, 9.17) is 47.4 Å². The van der Waals surface area contributed by atoms with Gasteiger partial charge < -0.3 is 47.4 Å². The van der Waals surface area contributed by atoms with Crippen molar-refractivity contribution in [2.24, 2.45) is 0 Å². The van der Waals surface area contributed by atoms with Crippen LogP contribution in [0.3, 0.4) is 0 Å². The minimum atomic E-state index is -1.14. The van der Waals surface area contributed by atoms with E-state index in [0.717, 1.165) is 0 Å². The normalized spacial score (nSPS) is 39.4. The largest absolute Gasteiger partial charge is 0.456 e. The van der Waals surface area contributed by atoms with Crippen LogP contribution >= 0.6 is 0 Å². The van der Waals surface area contributed by atoms with Crippen molar-refractivity contribution in [2.45, 2.75) is 134 Å². The molecule has 41 heavy (non-hydrogen) atoms. The summed E-state index contributed by atoms with van der Waals surface area (Å²) in [6.07, 6.45) is -2.19. The van der Waals surface area contributed by atoms with E-state index in [1.807, 2.05) is 39.8 Å². The lowest BCUT2D eigenvalue weighted by Crippen LogP contribution is -2.61. The number of esters is 3. The predicted molar refractivity (Wildman–Crippen MR) is 138 cm³/mol. The highest BCUT2D eigenvalue weighted by Crippen LogP contribution is 2.43. The summed E-state index contributed by atoms with van der Waals surface area (Å²) in [6, 6.07) is 0. The van der Waals surface area contributed by atoms with Crippen molar-refractivity contribution < 1.29 is 61.8 Å². The zero-order valence-corrected chi connectivity index (χ0v) is 24.9. The van der Waals surface area contributed by atoms with Crippen LogP contribution in [0.2, 0.25) is 0 Å². The molecule has 0 spiro atoms. The molecule has 0 unspecified atom stereocenters. The first kappa shape index (κ1) is 31.8. The molecule has 232 valence electrons. The van der Waals surface area contributed by atoms with Crippen molar-refractivity contribution in [1.82, 2.24) is 0 Å². The van der Waals surface area contributed by atoms with Gasteiger partial charge >= 0.3 is 17.9 Å². The van der Waals surface area contributed by atoms with Gasteiger partial charge in [0.1, 0.15) is 30.5 Å². The van der Waals surface area contributed by atoms with Gasteiger partial charge in [0.15, 0.2) is 36.2 Å². The van der Waals surface area contributed by atoms with E-state index >= 15 is 0 Å². The van der Waals surface area contributed by atoms with Crippen LogP contribution in [0.25, 0.3) is 0 Å². The fourth-order valence-electron chi connectivity index (χ4n) is 5.78. The van der Waals surface area contributed by atoms with Gasteiger partial charge in [-0.3, -0.25) is 14.4 Å². The van der Waals surface area contributed by atoms with Crippen molar-refractivity contribution in [1.29, 1.82) is 0 Å². The molecule has 4 aliphatic rings. The van der Waals surface area contributed by atoms with Crippen LogP contribution in [0.4, 0.5) is 0 Å². The lowest BCUT2D eigenvalue weighted by atomic mass is 9.95. The summed E-state index contributed by atoms with van der Waals surface area (Å²) in [4.78, 5) is 35.7. The molecule has 10 atom stereocenters. The van der Waals surface area contributed by atoms with Crippen LogP contribution in [-0.4, -0.2) is 104 Å². The predicted octanol–water partition coefficient (Wildman–Crippen LogP) is 1.93. The summed E-state index contributed by atoms with van der Waals surface area (Å²) >= 11 is 0. The zero-order valence-electron chi connectivity index (χ0n) is 24.9. The number of carbonyl (C=O) groups is 3. The molecular formula is C28H42O13. The number of hydrogen-bond acceptors (Lipinski definition) is 13. The molecule has 13 nitrogen and oxygen atoms in total. The number of carbonyl (C=O) groups excluding carboxylic acids is 3. The van der Waals surface area contributed by atoms with Crippen LogP contribution in [0.1, 0.15) is 61.3 Å². The molecular weight excluding hydrogens is 544 g/mol. The van der Waals surface area contributed by atoms with Gasteiger partial charge in [0.2, 0.25) is 0 Å². The summed E-state index contributed by atoms with van der Waals surface area (Å²) in [6.45, 7) is 11.5. The Bertz CT molecular complexity index is 993. The fourth-order valence-corrected chi connectivity index (χ4v) is 5.78. The van der Waals surface area contributed by atoms with Crippen LogP contribution in [0, 0.1) is 0 Å². The zero-order chi connectivity index (χ0) is 30.1. The van der Waals surface area contributed by atoms with E-state index in [0.29, 0.717) is 13.0 Å². The number of ether oxygens (including phenoxy) is 10. The third-order valence-electron chi connectivity index (χ3n) is 7.22. The molecule has 0 aromatic heterocycles. The van der Waals surface area contributed by atoms with Crippen LogP contribution in [0.15, 0.2) is 12.2 Å². The first-order valence-corrected chi connectivity index (χ1v) is 13.9. The molecule has 0 aliphatic carbocycles. The molecule has 4 saturated heterocycles. The average Bonchev–Trinajstić information content (AvgIpc) is 3.48. The van der Waals surface area contributed by atoms with E-state index in [1.165, 1.54) is 27.9 Å². The van der Waals surface area contributed by atoms with E-state index in [-0.39, 0.29) is 36.9 Å². The first-order chi connectivity index (χ1) is 19.2. The van der Waals surface area contributed by atoms with E-state index < -0.39 is 60.2 Å². The van der Waals surface area contributed by atoms with Crippen LogP contribution in [0.5, 0.6) is 0 Å². The molecule has 0 amide bonds. The van der Waals surface area contributed by atoms with Crippen LogP contribution in [-0.2, 0) is 61.8 Å². The maximum atomic E-state index is 12.0. The Morgan fingerprint density at radius 2 is 1.27 bits per heavy atom. The molecule has 0 bridgehead atoms. The summed E-state index contributed by atoms with van der Waals surface area (Å²) in [5.41, 5.74) is 0. The molecule has 4 aliphatic heterocycles. The molecule has 0 aromatic rings. The Morgan fingerprint density at radius 1 is 0.707 bits per heavy atom. The van der Waals surface area contributed by atoms with Crippen molar-refractivity contribution in [3.63, 3.8) is 0 Å². The third kappa shape index (κ3) is 7.64. The van der Waals surface area contributed by atoms with E-state index in [9.17, 15) is 14.4 Å². The number of rotatable bonds is 9. The second-order valence-electron chi connectivity index (χ2n) is 11.5. The lowest BCUT2D eigenvalue weighted by Gasteiger charge is -2.43. The summed E-state index contributed by atoms with van der Waals surface area (Å²) < 4.78 is 58.3. The van der Waals surface area contributed by atoms with Gasteiger partial charge in [0.05, 0.1) is 12.7 Å². The molecule has 13 heteroatoms. The topological polar surface area (TPSA) is 144 Å². The summed E-state index contributed by atoms with van der Waals surface area (Å²) in [7, 11) is 1.38. The third-order valence-corrected chi connectivity index (χ3v) is 7.22. The SMILES string of the molecule is CO[C@H]1O[C@H](C/C=C/C[C@@H]2O[C@H]([C@H]3COC(C)(C)O3)[C@@H]3OC(C)(C)O[C@@H]32)[C@@H](OC(C)=O)[C@H](OC(C)=O)[C@H]1OC(C)=O. The Labute approximate surface area is 239 Å². The molecule has 0 aromatic carbocycles. The lowest BCUT2D eigenvalue weighted by molar-refractivity contribution is -0.297. The molecule has 0 N–H and O–H groups in total. The highest BCUT2D eigenvalue weighted by molar-refractivity contribution is 5.68. The number of fused-ring (bicyclic) bond motifs is 1. The van der Waals surface area contributed by atoms with Gasteiger partial charge in [-0.05, 0) is 40.5 Å². The second-order valence-corrected chi connectivity index (χ2v) is 11.5. The molecule has 4 heterocycles. The van der Waals surface area contributed by atoms with Gasteiger partial charge in [0.25, 0.3) is 0 Å². The quantitative estimate of drug-likeness (QED) is 0.221. The van der Waals surface area contributed by atoms with Crippen molar-refractivity contribution in [3.8, 4) is 0 Å². The summed E-state index contributed by atoms with van der Waals surface area (Å²) in [5.74, 6) is -3.35. The maximum absolute atomic E-state index is 12.0. The van der Waals surface area contributed by atoms with Gasteiger partial charge in [0, 0.05) is 27.9 Å². The van der Waals surface area contributed by atoms with Crippen molar-refractivity contribution >= 4 is 17.9 Å². The highest BCUT2D eigenvalue weighted by atomic mass is 16.8. The highest BCUT2D eigenvalue weighted by Gasteiger charge is 2.58. The smallest absolute Gasteiger partial charge is 0.303 e. The Balaban J connectivity index is 1.46. The number of hydrogen-bond donors (Lipinski definition) is 0. The van der Waals surface area contributed by atoms with Gasteiger partial charge in [-0.1, -0.05) is 12.2 Å². The van der Waals surface area contributed by atoms with Gasteiger partial charge in [-0.2, -0.15) is 0 Å². The first-order valence-electron chi connectivity index (χ1n) is 13.9. The van der Waals surface area contributed by atoms with Gasteiger partial charge in [-0.15, -0.1) is 0 Å². The summed E-state index contributed by atoms with van der Waals surface area (Å²) in [5, 5.41) is 0. The fraction of sp³-hybridized carbons (Fsp3) is 0.821. The monoisotopic (exact) mass is 586 g/mol. The molecule has 0 radical (unpaired) electrons. The average molecular weight is 587 g/mol. The van der Waals surface area contributed by atoms with Crippen molar-refractivity contribution in [2.75, 3.05) is 13.7 Å². The Morgan fingerprint density at radius 3 is 1.83 bits per heavy atom.